The van der Waals surface area contributed by atoms with Crippen LogP contribution in [0.3, 0.4) is 0 Å². The number of halogens is 1. The minimum absolute atomic E-state index is 0.108. The summed E-state index contributed by atoms with van der Waals surface area (Å²) < 4.78 is 48.6. The van der Waals surface area contributed by atoms with Crippen LogP contribution in [0.2, 0.25) is 0 Å². The van der Waals surface area contributed by atoms with Crippen LogP contribution in [-0.2, 0) is 10.0 Å². The second kappa shape index (κ2) is 9.23. The number of hydrazine groups is 1. The lowest BCUT2D eigenvalue weighted by molar-refractivity contribution is 0.0692. The molecule has 186 valence electrons. The Labute approximate surface area is 202 Å². The number of hydrogen-bond acceptors (Lipinski definition) is 7. The first-order valence-corrected chi connectivity index (χ1v) is 12.9. The van der Waals surface area contributed by atoms with Gasteiger partial charge in [0.05, 0.1) is 23.3 Å². The lowest BCUT2D eigenvalue weighted by Crippen LogP contribution is -2.36. The van der Waals surface area contributed by atoms with Crippen molar-refractivity contribution in [2.75, 3.05) is 31.0 Å². The fourth-order valence-corrected chi connectivity index (χ4v) is 5.95. The number of β-amino-alcohol motifs (C(OH)–C–C–N with tert-alkyl or cyclic N) is 1. The molecule has 0 bridgehead atoms. The molecule has 2 heterocycles. The van der Waals surface area contributed by atoms with Gasteiger partial charge in [-0.3, -0.25) is 10.1 Å². The zero-order valence-electron chi connectivity index (χ0n) is 18.8. The number of nitrogens with zero attached hydrogens (tertiary/aromatic N) is 1. The number of sulfonamides is 1. The fraction of sp³-hybridized carbons (Fsp3) is 0.375. The molecular weight excluding hydrogens is 477 g/mol. The van der Waals surface area contributed by atoms with Gasteiger partial charge in [0.25, 0.3) is 10.0 Å². The van der Waals surface area contributed by atoms with E-state index in [-0.39, 0.29) is 39.5 Å². The summed E-state index contributed by atoms with van der Waals surface area (Å²) in [5.74, 6) is -1.07. The third kappa shape index (κ3) is 4.90. The topological polar surface area (TPSA) is 128 Å². The van der Waals surface area contributed by atoms with Gasteiger partial charge in [0, 0.05) is 25.6 Å². The number of anilines is 1. The van der Waals surface area contributed by atoms with Crippen LogP contribution in [0, 0.1) is 11.7 Å². The second-order valence-electron chi connectivity index (χ2n) is 9.07. The molecule has 4 N–H and O–H groups in total. The van der Waals surface area contributed by atoms with Gasteiger partial charge < -0.3 is 14.9 Å². The third-order valence-corrected chi connectivity index (χ3v) is 8.00. The molecule has 3 atom stereocenters. The van der Waals surface area contributed by atoms with Crippen molar-refractivity contribution in [3.8, 4) is 5.75 Å². The third-order valence-electron chi connectivity index (χ3n) is 6.57. The average Bonchev–Trinajstić information content (AvgIpc) is 3.49. The summed E-state index contributed by atoms with van der Waals surface area (Å²) in [6.45, 7) is 1.95. The number of ether oxygens (including phenoxy) is 1. The maximum Gasteiger partial charge on any atom is 0.341 e. The largest absolute Gasteiger partial charge is 0.492 e. The highest BCUT2D eigenvalue weighted by molar-refractivity contribution is 7.92. The Balaban J connectivity index is 1.39. The Kier molecular flexibility index (Phi) is 6.26. The molecule has 2 unspecified atom stereocenters. The number of fused-ring (bicyclic) bond motifs is 3. The van der Waals surface area contributed by atoms with Crippen molar-refractivity contribution in [1.29, 1.82) is 0 Å². The number of nitrogens with one attached hydrogen (secondary N) is 2. The summed E-state index contributed by atoms with van der Waals surface area (Å²) >= 11 is 0. The number of rotatable bonds is 8. The van der Waals surface area contributed by atoms with E-state index in [2.05, 4.69) is 10.1 Å². The zero-order valence-corrected chi connectivity index (χ0v) is 19.6. The van der Waals surface area contributed by atoms with Crippen molar-refractivity contribution >= 4 is 27.8 Å². The molecule has 2 aliphatic heterocycles. The first kappa shape index (κ1) is 23.7. The Morgan fingerprint density at radius 1 is 1.29 bits per heavy atom. The molecule has 1 aliphatic carbocycles. The van der Waals surface area contributed by atoms with Crippen molar-refractivity contribution in [3.63, 3.8) is 0 Å². The number of aliphatic hydroxyl groups is 1. The van der Waals surface area contributed by atoms with Gasteiger partial charge in [0.2, 0.25) is 0 Å². The van der Waals surface area contributed by atoms with Gasteiger partial charge in [-0.2, -0.15) is 0 Å². The van der Waals surface area contributed by atoms with Gasteiger partial charge in [-0.05, 0) is 54.2 Å². The Bertz CT molecular complexity index is 1300. The number of benzene rings is 2. The van der Waals surface area contributed by atoms with E-state index in [1.807, 2.05) is 5.01 Å². The first-order chi connectivity index (χ1) is 16.7. The molecule has 2 aromatic rings. The second-order valence-corrected chi connectivity index (χ2v) is 10.7. The van der Waals surface area contributed by atoms with Crippen molar-refractivity contribution in [3.05, 3.63) is 58.9 Å². The first-order valence-electron chi connectivity index (χ1n) is 11.4. The monoisotopic (exact) mass is 503 g/mol. The highest BCUT2D eigenvalue weighted by Crippen LogP contribution is 2.55. The summed E-state index contributed by atoms with van der Waals surface area (Å²) in [6, 6.07) is 6.43. The molecule has 1 saturated heterocycles. The maximum atomic E-state index is 14.0. The molecule has 35 heavy (non-hydrogen) atoms. The van der Waals surface area contributed by atoms with Crippen LogP contribution in [0.15, 0.2) is 41.3 Å². The Hall–Kier alpha value is -2.99. The van der Waals surface area contributed by atoms with Crippen LogP contribution < -0.4 is 14.9 Å². The summed E-state index contributed by atoms with van der Waals surface area (Å²) in [5.41, 5.74) is 3.66. The summed E-state index contributed by atoms with van der Waals surface area (Å²) in [6.07, 6.45) is 4.35. The van der Waals surface area contributed by atoms with Gasteiger partial charge in [-0.1, -0.05) is 18.2 Å². The van der Waals surface area contributed by atoms with Crippen LogP contribution in [0.1, 0.15) is 40.2 Å². The molecule has 2 aromatic carbocycles. The molecule has 0 aromatic heterocycles. The molecule has 0 amide bonds. The predicted molar refractivity (Wildman–Crippen MR) is 126 cm³/mol. The van der Waals surface area contributed by atoms with Gasteiger partial charge in [-0.25, -0.2) is 22.6 Å². The summed E-state index contributed by atoms with van der Waals surface area (Å²) in [5, 5.41) is 21.3. The molecule has 9 nitrogen and oxygen atoms in total. The number of carboxylic acids is 1. The molecule has 3 aliphatic rings. The maximum absolute atomic E-state index is 14.0. The number of aromatic carboxylic acids is 1. The molecule has 2 fully saturated rings. The molecule has 11 heteroatoms. The summed E-state index contributed by atoms with van der Waals surface area (Å²) in [7, 11) is -4.26. The van der Waals surface area contributed by atoms with E-state index in [9.17, 15) is 27.8 Å². The highest BCUT2D eigenvalue weighted by Gasteiger charge is 2.45. The molecular formula is C24H26FN3O6S. The summed E-state index contributed by atoms with van der Waals surface area (Å²) in [4.78, 5) is 11.9. The Morgan fingerprint density at radius 2 is 2.11 bits per heavy atom. The number of carbonyl (C=O) groups is 1. The number of carboxylic acid groups (broad SMARTS) is 1. The fourth-order valence-electron chi connectivity index (χ4n) is 4.69. The van der Waals surface area contributed by atoms with E-state index < -0.39 is 21.8 Å². The predicted octanol–water partition coefficient (Wildman–Crippen LogP) is 2.41. The normalized spacial score (nSPS) is 23.5. The molecule has 0 spiro atoms. The lowest BCUT2D eigenvalue weighted by atomic mass is 10.0. The van der Waals surface area contributed by atoms with E-state index in [1.165, 1.54) is 12.1 Å². The van der Waals surface area contributed by atoms with Gasteiger partial charge >= 0.3 is 5.97 Å². The molecule has 1 saturated carbocycles. The van der Waals surface area contributed by atoms with Crippen LogP contribution in [-0.4, -0.2) is 62.0 Å². The van der Waals surface area contributed by atoms with Crippen LogP contribution >= 0.6 is 0 Å². The molecule has 0 radical (unpaired) electrons. The van der Waals surface area contributed by atoms with E-state index in [1.54, 1.807) is 12.1 Å². The number of aliphatic hydroxyl groups excluding tert-OH is 1. The van der Waals surface area contributed by atoms with Crippen molar-refractivity contribution in [2.24, 2.45) is 5.92 Å². The standard InChI is InChI=1S/C24H26FN3O6S/c25-16-3-6-21(14(10-16)2-1-8-26-28-9-7-17(29)12-28)35(32,33)27-20-5-4-18-19-11-15(19)13-34-23(18)22(20)24(30)31/h1-6,10,15,17,19,26-27,29H,7-9,11-13H2,(H,30,31)/t15?,17-,19?/m1/s1. The van der Waals surface area contributed by atoms with Crippen LogP contribution in [0.25, 0.3) is 6.08 Å². The minimum atomic E-state index is -4.26. The number of hydrogen-bond donors (Lipinski definition) is 4. The van der Waals surface area contributed by atoms with Crippen molar-refractivity contribution in [1.82, 2.24) is 10.4 Å². The van der Waals surface area contributed by atoms with E-state index in [4.69, 9.17) is 4.74 Å². The highest BCUT2D eigenvalue weighted by atomic mass is 32.2. The van der Waals surface area contributed by atoms with Crippen molar-refractivity contribution in [2.45, 2.75) is 29.8 Å². The smallest absolute Gasteiger partial charge is 0.341 e. The Morgan fingerprint density at radius 3 is 2.86 bits per heavy atom. The van der Waals surface area contributed by atoms with Gasteiger partial charge in [0.15, 0.2) is 0 Å². The van der Waals surface area contributed by atoms with E-state index in [0.717, 1.165) is 30.2 Å². The van der Waals surface area contributed by atoms with E-state index in [0.29, 0.717) is 38.6 Å². The van der Waals surface area contributed by atoms with Crippen molar-refractivity contribution < 1.29 is 32.6 Å². The van der Waals surface area contributed by atoms with Crippen LogP contribution in [0.5, 0.6) is 5.75 Å². The average molecular weight is 504 g/mol. The van der Waals surface area contributed by atoms with E-state index >= 15 is 0 Å². The van der Waals surface area contributed by atoms with Gasteiger partial charge in [0.1, 0.15) is 17.1 Å². The lowest BCUT2D eigenvalue weighted by Gasteiger charge is -2.21. The SMILES string of the molecule is O=C(O)c1c(NS(=O)(=O)c2ccc(F)cc2C=CCNN2CC[C@@H](O)C2)ccc2c1OCC1CC21. The minimum Gasteiger partial charge on any atom is -0.492 e. The van der Waals surface area contributed by atoms with Crippen LogP contribution in [0.4, 0.5) is 10.1 Å². The molecule has 5 rings (SSSR count). The van der Waals surface area contributed by atoms with Gasteiger partial charge in [-0.15, -0.1) is 0 Å². The zero-order chi connectivity index (χ0) is 24.7. The quantitative estimate of drug-likeness (QED) is 0.433.